The number of amides is 1. The van der Waals surface area contributed by atoms with Gasteiger partial charge in [0.05, 0.1) is 10.7 Å². The lowest BCUT2D eigenvalue weighted by Gasteiger charge is -2.30. The van der Waals surface area contributed by atoms with Gasteiger partial charge in [0.15, 0.2) is 0 Å². The zero-order valence-electron chi connectivity index (χ0n) is 10.1. The minimum Gasteiger partial charge on any atom is -0.338 e. The molecule has 0 aliphatic carbocycles. The van der Waals surface area contributed by atoms with Crippen LogP contribution in [0.2, 0.25) is 0 Å². The molecule has 1 fully saturated rings. The van der Waals surface area contributed by atoms with Crippen LogP contribution in [0.1, 0.15) is 40.1 Å². The van der Waals surface area contributed by atoms with Crippen LogP contribution < -0.4 is 0 Å². The van der Waals surface area contributed by atoms with E-state index in [9.17, 15) is 4.79 Å². The fourth-order valence-corrected chi connectivity index (χ4v) is 2.97. The predicted molar refractivity (Wildman–Crippen MR) is 65.9 cm³/mol. The molecule has 1 saturated heterocycles. The molecule has 0 aromatic carbocycles. The molecule has 0 atom stereocenters. The molecule has 16 heavy (non-hydrogen) atoms. The van der Waals surface area contributed by atoms with Crippen molar-refractivity contribution in [1.29, 1.82) is 0 Å². The first kappa shape index (κ1) is 11.6. The van der Waals surface area contributed by atoms with Crippen molar-refractivity contribution in [2.24, 2.45) is 5.92 Å². The maximum atomic E-state index is 12.2. The monoisotopic (exact) mass is 238 g/mol. The van der Waals surface area contributed by atoms with Gasteiger partial charge in [-0.05, 0) is 32.6 Å². The first-order valence-corrected chi connectivity index (χ1v) is 6.63. The minimum atomic E-state index is 0.176. The first-order valence-electron chi connectivity index (χ1n) is 5.81. The van der Waals surface area contributed by atoms with Gasteiger partial charge in [-0.3, -0.25) is 4.79 Å². The number of hydrogen-bond acceptors (Lipinski definition) is 3. The van der Waals surface area contributed by atoms with Gasteiger partial charge in [0.1, 0.15) is 4.88 Å². The summed E-state index contributed by atoms with van der Waals surface area (Å²) in [6, 6.07) is 0. The number of aromatic nitrogens is 1. The van der Waals surface area contributed by atoms with E-state index in [1.807, 2.05) is 18.7 Å². The van der Waals surface area contributed by atoms with E-state index >= 15 is 0 Å². The summed E-state index contributed by atoms with van der Waals surface area (Å²) in [4.78, 5) is 19.3. The van der Waals surface area contributed by atoms with E-state index in [0.717, 1.165) is 47.4 Å². The van der Waals surface area contributed by atoms with Gasteiger partial charge in [0, 0.05) is 13.1 Å². The Bertz CT molecular complexity index is 392. The topological polar surface area (TPSA) is 33.2 Å². The third-order valence-electron chi connectivity index (χ3n) is 3.17. The fraction of sp³-hybridized carbons (Fsp3) is 0.667. The highest BCUT2D eigenvalue weighted by molar-refractivity contribution is 7.13. The van der Waals surface area contributed by atoms with Crippen LogP contribution in [0.15, 0.2) is 0 Å². The Labute approximate surface area is 100 Å². The number of carbonyl (C=O) groups is 1. The molecule has 3 nitrogen and oxygen atoms in total. The molecule has 2 heterocycles. The Morgan fingerprint density at radius 2 is 2.00 bits per heavy atom. The molecule has 0 unspecified atom stereocenters. The zero-order valence-corrected chi connectivity index (χ0v) is 10.9. The van der Waals surface area contributed by atoms with Crippen LogP contribution in [-0.2, 0) is 0 Å². The highest BCUT2D eigenvalue weighted by atomic mass is 32.1. The van der Waals surface area contributed by atoms with Crippen LogP contribution in [0.3, 0.4) is 0 Å². The summed E-state index contributed by atoms with van der Waals surface area (Å²) in [5, 5.41) is 0.978. The average Bonchev–Trinajstić information content (AvgIpc) is 2.58. The van der Waals surface area contributed by atoms with Crippen molar-refractivity contribution < 1.29 is 4.79 Å². The number of carbonyl (C=O) groups excluding carboxylic acids is 1. The van der Waals surface area contributed by atoms with Crippen LogP contribution >= 0.6 is 11.3 Å². The molecule has 2 rings (SSSR count). The summed E-state index contributed by atoms with van der Waals surface area (Å²) in [6.45, 7) is 7.92. The lowest BCUT2D eigenvalue weighted by atomic mass is 9.99. The van der Waals surface area contributed by atoms with Crippen molar-refractivity contribution in [1.82, 2.24) is 9.88 Å². The van der Waals surface area contributed by atoms with Crippen LogP contribution in [-0.4, -0.2) is 28.9 Å². The summed E-state index contributed by atoms with van der Waals surface area (Å²) < 4.78 is 0. The van der Waals surface area contributed by atoms with Gasteiger partial charge in [-0.15, -0.1) is 11.3 Å². The maximum Gasteiger partial charge on any atom is 0.265 e. The highest BCUT2D eigenvalue weighted by Gasteiger charge is 2.24. The van der Waals surface area contributed by atoms with Gasteiger partial charge in [-0.2, -0.15) is 0 Å². The number of likely N-dealkylation sites (tertiary alicyclic amines) is 1. The Hall–Kier alpha value is -0.900. The molecule has 1 aromatic heterocycles. The molecule has 0 bridgehead atoms. The second-order valence-corrected chi connectivity index (χ2v) is 5.83. The molecule has 1 aliphatic heterocycles. The molecular weight excluding hydrogens is 220 g/mol. The van der Waals surface area contributed by atoms with Crippen LogP contribution in [0.4, 0.5) is 0 Å². The second kappa shape index (κ2) is 4.53. The number of aryl methyl sites for hydroxylation is 2. The quantitative estimate of drug-likeness (QED) is 0.753. The third-order valence-corrected chi connectivity index (χ3v) is 4.23. The average molecular weight is 238 g/mol. The molecular formula is C12H18N2OS. The van der Waals surface area contributed by atoms with Crippen molar-refractivity contribution in [2.75, 3.05) is 13.1 Å². The first-order chi connectivity index (χ1) is 7.58. The standard InChI is InChI=1S/C12H18N2OS/c1-8-4-6-14(7-5-8)12(15)11-9(2)13-10(3)16-11/h8H,4-7H2,1-3H3. The Morgan fingerprint density at radius 1 is 1.38 bits per heavy atom. The lowest BCUT2D eigenvalue weighted by Crippen LogP contribution is -2.37. The number of hydrogen-bond donors (Lipinski definition) is 0. The van der Waals surface area contributed by atoms with Gasteiger partial charge in [0.25, 0.3) is 5.91 Å². The molecule has 0 spiro atoms. The van der Waals surface area contributed by atoms with Crippen LogP contribution in [0.5, 0.6) is 0 Å². The van der Waals surface area contributed by atoms with E-state index in [1.54, 1.807) is 0 Å². The molecule has 0 saturated carbocycles. The van der Waals surface area contributed by atoms with Gasteiger partial charge in [0.2, 0.25) is 0 Å². The minimum absolute atomic E-state index is 0.176. The van der Waals surface area contributed by atoms with E-state index in [-0.39, 0.29) is 5.91 Å². The largest absolute Gasteiger partial charge is 0.338 e. The SMILES string of the molecule is Cc1nc(C)c(C(=O)N2CCC(C)CC2)s1. The molecule has 88 valence electrons. The summed E-state index contributed by atoms with van der Waals surface area (Å²) in [7, 11) is 0. The predicted octanol–water partition coefficient (Wildman–Crippen LogP) is 2.63. The van der Waals surface area contributed by atoms with Gasteiger partial charge in [-0.1, -0.05) is 6.92 Å². The van der Waals surface area contributed by atoms with Gasteiger partial charge in [-0.25, -0.2) is 4.98 Å². The Balaban J connectivity index is 2.10. The van der Waals surface area contributed by atoms with E-state index in [0.29, 0.717) is 0 Å². The van der Waals surface area contributed by atoms with Gasteiger partial charge >= 0.3 is 0 Å². The molecule has 0 N–H and O–H groups in total. The van der Waals surface area contributed by atoms with Crippen molar-refractivity contribution >= 4 is 17.2 Å². The molecule has 4 heteroatoms. The number of thiazole rings is 1. The fourth-order valence-electron chi connectivity index (χ4n) is 2.09. The summed E-state index contributed by atoms with van der Waals surface area (Å²) in [5.41, 5.74) is 0.881. The highest BCUT2D eigenvalue weighted by Crippen LogP contribution is 2.23. The Morgan fingerprint density at radius 3 is 2.50 bits per heavy atom. The smallest absolute Gasteiger partial charge is 0.265 e. The summed E-state index contributed by atoms with van der Waals surface area (Å²) in [6.07, 6.45) is 2.26. The number of piperidine rings is 1. The molecule has 0 radical (unpaired) electrons. The lowest BCUT2D eigenvalue weighted by molar-refractivity contribution is 0.0701. The maximum absolute atomic E-state index is 12.2. The van der Waals surface area contributed by atoms with E-state index in [4.69, 9.17) is 0 Å². The third kappa shape index (κ3) is 2.26. The molecule has 1 aliphatic rings. The molecule has 1 amide bonds. The second-order valence-electron chi connectivity index (χ2n) is 4.62. The van der Waals surface area contributed by atoms with Crippen molar-refractivity contribution in [3.8, 4) is 0 Å². The summed E-state index contributed by atoms with van der Waals surface area (Å²) in [5.74, 6) is 0.934. The van der Waals surface area contributed by atoms with Crippen molar-refractivity contribution in [2.45, 2.75) is 33.6 Å². The van der Waals surface area contributed by atoms with E-state index in [1.165, 1.54) is 11.3 Å². The Kier molecular flexibility index (Phi) is 3.28. The molecule has 1 aromatic rings. The van der Waals surface area contributed by atoms with Crippen molar-refractivity contribution in [3.05, 3.63) is 15.6 Å². The van der Waals surface area contributed by atoms with E-state index < -0.39 is 0 Å². The number of rotatable bonds is 1. The van der Waals surface area contributed by atoms with Crippen molar-refractivity contribution in [3.63, 3.8) is 0 Å². The summed E-state index contributed by atoms with van der Waals surface area (Å²) >= 11 is 1.51. The normalized spacial score (nSPS) is 17.8. The van der Waals surface area contributed by atoms with Gasteiger partial charge < -0.3 is 4.90 Å². The van der Waals surface area contributed by atoms with Crippen LogP contribution in [0.25, 0.3) is 0 Å². The zero-order chi connectivity index (χ0) is 11.7. The van der Waals surface area contributed by atoms with Crippen LogP contribution in [0, 0.1) is 19.8 Å². The van der Waals surface area contributed by atoms with E-state index in [2.05, 4.69) is 11.9 Å². The number of nitrogens with zero attached hydrogens (tertiary/aromatic N) is 2.